The van der Waals surface area contributed by atoms with Crippen molar-refractivity contribution in [1.82, 2.24) is 5.32 Å². The van der Waals surface area contributed by atoms with Crippen LogP contribution in [0.2, 0.25) is 0 Å². The van der Waals surface area contributed by atoms with E-state index in [0.29, 0.717) is 11.7 Å². The molecule has 17 heavy (non-hydrogen) atoms. The van der Waals surface area contributed by atoms with Crippen molar-refractivity contribution in [3.8, 4) is 0 Å². The highest BCUT2D eigenvalue weighted by atomic mass is 32.2. The van der Waals surface area contributed by atoms with Crippen molar-refractivity contribution in [2.75, 3.05) is 29.4 Å². The van der Waals surface area contributed by atoms with Crippen LogP contribution in [0.15, 0.2) is 18.2 Å². The Labute approximate surface area is 99.5 Å². The molecule has 0 unspecified atom stereocenters. The van der Waals surface area contributed by atoms with Crippen LogP contribution in [-0.2, 0) is 10.0 Å². The quantitative estimate of drug-likeness (QED) is 0.740. The zero-order valence-corrected chi connectivity index (χ0v) is 10.1. The fourth-order valence-corrected chi connectivity index (χ4v) is 2.08. The van der Waals surface area contributed by atoms with Crippen LogP contribution < -0.4 is 15.4 Å². The average molecular weight is 259 g/mol. The van der Waals surface area contributed by atoms with Gasteiger partial charge in [-0.2, -0.15) is 0 Å². The third-order valence-electron chi connectivity index (χ3n) is 2.41. The predicted molar refractivity (Wildman–Crippen MR) is 65.1 cm³/mol. The van der Waals surface area contributed by atoms with Crippen LogP contribution in [0.4, 0.5) is 15.8 Å². The molecule has 0 radical (unpaired) electrons. The minimum atomic E-state index is -3.47. The van der Waals surface area contributed by atoms with Gasteiger partial charge in [0, 0.05) is 18.8 Å². The normalized spacial score (nSPS) is 16.4. The highest BCUT2D eigenvalue weighted by Gasteiger charge is 2.16. The maximum Gasteiger partial charge on any atom is 0.229 e. The van der Waals surface area contributed by atoms with Crippen LogP contribution in [0.5, 0.6) is 0 Å². The summed E-state index contributed by atoms with van der Waals surface area (Å²) in [6, 6.07) is 4.59. The monoisotopic (exact) mass is 259 g/mol. The van der Waals surface area contributed by atoms with Gasteiger partial charge in [-0.3, -0.25) is 4.72 Å². The summed E-state index contributed by atoms with van der Waals surface area (Å²) < 4.78 is 37.6. The molecule has 1 aromatic carbocycles. The molecule has 0 amide bonds. The number of benzene rings is 1. The second-order valence-electron chi connectivity index (χ2n) is 4.07. The summed E-state index contributed by atoms with van der Waals surface area (Å²) >= 11 is 0. The van der Waals surface area contributed by atoms with Gasteiger partial charge in [0.1, 0.15) is 5.82 Å². The second-order valence-corrected chi connectivity index (χ2v) is 5.82. The van der Waals surface area contributed by atoms with Gasteiger partial charge in [0.25, 0.3) is 0 Å². The van der Waals surface area contributed by atoms with E-state index in [-0.39, 0.29) is 5.69 Å². The Balaban J connectivity index is 2.16. The van der Waals surface area contributed by atoms with E-state index < -0.39 is 15.8 Å². The topological polar surface area (TPSA) is 70.2 Å². The molecule has 7 heteroatoms. The summed E-state index contributed by atoms with van der Waals surface area (Å²) in [4.78, 5) is 0. The van der Waals surface area contributed by atoms with Crippen LogP contribution in [0, 0.1) is 5.82 Å². The molecule has 1 fully saturated rings. The second kappa shape index (κ2) is 4.50. The molecule has 0 atom stereocenters. The van der Waals surface area contributed by atoms with Crippen molar-refractivity contribution in [2.45, 2.75) is 6.04 Å². The summed E-state index contributed by atoms with van der Waals surface area (Å²) in [5.74, 6) is -0.590. The van der Waals surface area contributed by atoms with Crippen LogP contribution in [-0.4, -0.2) is 33.8 Å². The Kier molecular flexibility index (Phi) is 3.21. The van der Waals surface area contributed by atoms with Gasteiger partial charge in [-0.25, -0.2) is 12.8 Å². The van der Waals surface area contributed by atoms with E-state index in [1.165, 1.54) is 12.1 Å². The first kappa shape index (κ1) is 12.1. The molecule has 0 spiro atoms. The molecule has 0 aromatic heterocycles. The van der Waals surface area contributed by atoms with Crippen molar-refractivity contribution in [2.24, 2.45) is 0 Å². The smallest absolute Gasteiger partial charge is 0.229 e. The zero-order chi connectivity index (χ0) is 12.5. The number of sulfonamides is 1. The van der Waals surface area contributed by atoms with Crippen LogP contribution in [0.25, 0.3) is 0 Å². The number of nitrogens with one attached hydrogen (secondary N) is 3. The highest BCUT2D eigenvalue weighted by Crippen LogP contribution is 2.21. The van der Waals surface area contributed by atoms with Gasteiger partial charge < -0.3 is 10.6 Å². The maximum absolute atomic E-state index is 13.4. The largest absolute Gasteiger partial charge is 0.380 e. The van der Waals surface area contributed by atoms with Crippen LogP contribution in [0.1, 0.15) is 0 Å². The zero-order valence-electron chi connectivity index (χ0n) is 9.33. The molecule has 5 nitrogen and oxygen atoms in total. The molecular formula is C10H14FN3O2S. The van der Waals surface area contributed by atoms with Gasteiger partial charge in [-0.15, -0.1) is 0 Å². The van der Waals surface area contributed by atoms with Crippen molar-refractivity contribution in [3.63, 3.8) is 0 Å². The van der Waals surface area contributed by atoms with Gasteiger partial charge in [-0.05, 0) is 18.2 Å². The Bertz CT molecular complexity index is 514. The molecule has 2 rings (SSSR count). The molecule has 0 saturated carbocycles. The lowest BCUT2D eigenvalue weighted by Crippen LogP contribution is -2.51. The van der Waals surface area contributed by atoms with Gasteiger partial charge in [-0.1, -0.05) is 0 Å². The maximum atomic E-state index is 13.4. The fourth-order valence-electron chi connectivity index (χ4n) is 1.52. The standard InChI is InChI=1S/C10H14FN3O2S/c1-17(15,16)14-10-4-7(2-3-9(10)11)13-8-5-12-6-8/h2-4,8,12-14H,5-6H2,1H3. The molecule has 1 aliphatic heterocycles. The summed E-state index contributed by atoms with van der Waals surface area (Å²) in [6.07, 6.45) is 0.988. The first-order valence-electron chi connectivity index (χ1n) is 5.19. The molecule has 1 heterocycles. The molecule has 0 aliphatic carbocycles. The summed E-state index contributed by atoms with van der Waals surface area (Å²) in [5.41, 5.74) is 0.661. The molecule has 0 bridgehead atoms. The summed E-state index contributed by atoms with van der Waals surface area (Å²) in [6.45, 7) is 1.71. The molecule has 1 aliphatic rings. The predicted octanol–water partition coefficient (Wildman–Crippen LogP) is 0.581. The van der Waals surface area contributed by atoms with E-state index in [2.05, 4.69) is 15.4 Å². The number of hydrogen-bond donors (Lipinski definition) is 3. The van der Waals surface area contributed by atoms with Gasteiger partial charge in [0.2, 0.25) is 10.0 Å². The van der Waals surface area contributed by atoms with E-state index in [1.54, 1.807) is 6.07 Å². The first-order chi connectivity index (χ1) is 7.94. The lowest BCUT2D eigenvalue weighted by molar-refractivity contribution is 0.472. The van der Waals surface area contributed by atoms with Crippen molar-refractivity contribution >= 4 is 21.4 Å². The number of halogens is 1. The van der Waals surface area contributed by atoms with Crippen molar-refractivity contribution in [3.05, 3.63) is 24.0 Å². The van der Waals surface area contributed by atoms with Crippen molar-refractivity contribution < 1.29 is 12.8 Å². The summed E-state index contributed by atoms with van der Waals surface area (Å²) in [5, 5.41) is 6.27. The molecule has 3 N–H and O–H groups in total. The molecule has 1 aromatic rings. The lowest BCUT2D eigenvalue weighted by atomic mass is 10.1. The third-order valence-corrected chi connectivity index (χ3v) is 3.00. The Morgan fingerprint density at radius 2 is 2.12 bits per heavy atom. The minimum absolute atomic E-state index is 0.0372. The fraction of sp³-hybridized carbons (Fsp3) is 0.400. The molecular weight excluding hydrogens is 245 g/mol. The van der Waals surface area contributed by atoms with Crippen LogP contribution in [0.3, 0.4) is 0 Å². The van der Waals surface area contributed by atoms with E-state index in [1.807, 2.05) is 0 Å². The molecule has 94 valence electrons. The Morgan fingerprint density at radius 3 is 2.65 bits per heavy atom. The van der Waals surface area contributed by atoms with Gasteiger partial charge in [0.05, 0.1) is 18.0 Å². The third kappa shape index (κ3) is 3.31. The van der Waals surface area contributed by atoms with E-state index in [0.717, 1.165) is 19.3 Å². The summed E-state index contributed by atoms with van der Waals surface area (Å²) in [7, 11) is -3.47. The Morgan fingerprint density at radius 1 is 1.41 bits per heavy atom. The van der Waals surface area contributed by atoms with Crippen molar-refractivity contribution in [1.29, 1.82) is 0 Å². The highest BCUT2D eigenvalue weighted by molar-refractivity contribution is 7.92. The number of anilines is 2. The van der Waals surface area contributed by atoms with E-state index in [9.17, 15) is 12.8 Å². The first-order valence-corrected chi connectivity index (χ1v) is 7.08. The lowest BCUT2D eigenvalue weighted by Gasteiger charge is -2.29. The minimum Gasteiger partial charge on any atom is -0.380 e. The van der Waals surface area contributed by atoms with Gasteiger partial charge in [0.15, 0.2) is 0 Å². The SMILES string of the molecule is CS(=O)(=O)Nc1cc(NC2CNC2)ccc1F. The van der Waals surface area contributed by atoms with Crippen LogP contribution >= 0.6 is 0 Å². The average Bonchev–Trinajstić information content (AvgIpc) is 2.14. The number of rotatable bonds is 4. The van der Waals surface area contributed by atoms with E-state index in [4.69, 9.17) is 0 Å². The van der Waals surface area contributed by atoms with E-state index >= 15 is 0 Å². The number of hydrogen-bond acceptors (Lipinski definition) is 4. The Hall–Kier alpha value is -1.34. The molecule has 1 saturated heterocycles. The van der Waals surface area contributed by atoms with Gasteiger partial charge >= 0.3 is 0 Å².